The molecule has 0 spiro atoms. The molecule has 0 aromatic heterocycles. The van der Waals surface area contributed by atoms with E-state index in [1.807, 2.05) is 0 Å². The minimum absolute atomic E-state index is 0.321. The van der Waals surface area contributed by atoms with E-state index < -0.39 is 5.97 Å². The number of hydrogen-bond donors (Lipinski definition) is 1. The van der Waals surface area contributed by atoms with E-state index >= 15 is 0 Å². The topological polar surface area (TPSA) is 43.8 Å². The highest BCUT2D eigenvalue weighted by Crippen LogP contribution is 2.24. The van der Waals surface area contributed by atoms with Gasteiger partial charge in [0.25, 0.3) is 0 Å². The van der Waals surface area contributed by atoms with Gasteiger partial charge in [-0.05, 0) is 57.7 Å². The number of hydrogen-bond acceptors (Lipinski definition) is 3. The van der Waals surface area contributed by atoms with E-state index in [1.54, 1.807) is 0 Å². The summed E-state index contributed by atoms with van der Waals surface area (Å²) < 4.78 is 0. The molecule has 1 saturated heterocycles. The molecule has 1 aliphatic heterocycles. The highest BCUT2D eigenvalue weighted by atomic mass is 16.4. The lowest BCUT2D eigenvalue weighted by atomic mass is 9.89. The van der Waals surface area contributed by atoms with Crippen LogP contribution in [0, 0.1) is 5.92 Å². The molecule has 1 saturated carbocycles. The number of aliphatic carboxylic acids is 1. The van der Waals surface area contributed by atoms with Crippen molar-refractivity contribution in [2.24, 2.45) is 5.92 Å². The van der Waals surface area contributed by atoms with Gasteiger partial charge in [0.2, 0.25) is 0 Å². The van der Waals surface area contributed by atoms with Crippen molar-refractivity contribution in [3.63, 3.8) is 0 Å². The van der Waals surface area contributed by atoms with Gasteiger partial charge in [0.15, 0.2) is 0 Å². The molecule has 0 unspecified atom stereocenters. The van der Waals surface area contributed by atoms with E-state index in [2.05, 4.69) is 9.80 Å². The Balaban J connectivity index is 1.60. The monoisotopic (exact) mass is 296 g/mol. The second-order valence-electron chi connectivity index (χ2n) is 6.85. The third-order valence-electron chi connectivity index (χ3n) is 5.04. The van der Waals surface area contributed by atoms with Crippen LogP contribution in [-0.4, -0.2) is 60.1 Å². The van der Waals surface area contributed by atoms with Crippen LogP contribution < -0.4 is 0 Å². The lowest BCUT2D eigenvalue weighted by Crippen LogP contribution is -2.34. The number of carbonyl (C=O) groups is 1. The lowest BCUT2D eigenvalue weighted by Gasteiger charge is -2.28. The fourth-order valence-corrected chi connectivity index (χ4v) is 3.78. The Morgan fingerprint density at radius 2 is 1.62 bits per heavy atom. The molecule has 0 aromatic carbocycles. The second-order valence-corrected chi connectivity index (χ2v) is 6.85. The van der Waals surface area contributed by atoms with Gasteiger partial charge in [-0.25, -0.2) is 0 Å². The molecule has 0 radical (unpaired) electrons. The smallest absolute Gasteiger partial charge is 0.303 e. The van der Waals surface area contributed by atoms with Crippen molar-refractivity contribution in [1.29, 1.82) is 0 Å². The van der Waals surface area contributed by atoms with Crippen molar-refractivity contribution in [2.45, 2.75) is 57.8 Å². The second kappa shape index (κ2) is 9.42. The molecule has 0 atom stereocenters. The van der Waals surface area contributed by atoms with E-state index in [1.165, 1.54) is 71.2 Å². The normalized spacial score (nSPS) is 23.0. The van der Waals surface area contributed by atoms with Crippen LogP contribution in [0.2, 0.25) is 0 Å². The summed E-state index contributed by atoms with van der Waals surface area (Å²) in [5, 5.41) is 8.67. The minimum Gasteiger partial charge on any atom is -0.481 e. The van der Waals surface area contributed by atoms with Gasteiger partial charge in [-0.15, -0.1) is 0 Å². The largest absolute Gasteiger partial charge is 0.481 e. The Bertz CT molecular complexity index is 303. The summed E-state index contributed by atoms with van der Waals surface area (Å²) >= 11 is 0. The minimum atomic E-state index is -0.662. The average Bonchev–Trinajstić information content (AvgIpc) is 2.70. The molecule has 0 aromatic rings. The Kier molecular flexibility index (Phi) is 7.51. The molecule has 4 heteroatoms. The highest BCUT2D eigenvalue weighted by Gasteiger charge is 2.19. The van der Waals surface area contributed by atoms with Crippen LogP contribution in [-0.2, 0) is 4.79 Å². The van der Waals surface area contributed by atoms with Crippen molar-refractivity contribution >= 4 is 5.97 Å². The lowest BCUT2D eigenvalue weighted by molar-refractivity contribution is -0.137. The van der Waals surface area contributed by atoms with E-state index in [9.17, 15) is 4.79 Å². The summed E-state index contributed by atoms with van der Waals surface area (Å²) in [6.07, 6.45) is 10.6. The van der Waals surface area contributed by atoms with Crippen LogP contribution in [0.25, 0.3) is 0 Å². The maximum Gasteiger partial charge on any atom is 0.303 e. The van der Waals surface area contributed by atoms with Gasteiger partial charge in [-0.1, -0.05) is 19.3 Å². The van der Waals surface area contributed by atoms with E-state index in [0.29, 0.717) is 6.42 Å². The van der Waals surface area contributed by atoms with Gasteiger partial charge in [0, 0.05) is 26.1 Å². The summed E-state index contributed by atoms with van der Waals surface area (Å²) in [4.78, 5) is 15.7. The van der Waals surface area contributed by atoms with Gasteiger partial charge in [0.1, 0.15) is 0 Å². The number of carboxylic acid groups (broad SMARTS) is 1. The summed E-state index contributed by atoms with van der Waals surface area (Å²) in [6, 6.07) is 0. The summed E-state index contributed by atoms with van der Waals surface area (Å²) in [6.45, 7) is 7.20. The third-order valence-corrected chi connectivity index (χ3v) is 5.04. The van der Waals surface area contributed by atoms with E-state index in [4.69, 9.17) is 5.11 Å². The molecule has 1 heterocycles. The predicted octanol–water partition coefficient (Wildman–Crippen LogP) is 2.83. The maximum absolute atomic E-state index is 10.5. The Morgan fingerprint density at radius 1 is 0.905 bits per heavy atom. The first kappa shape index (κ1) is 16.8. The molecule has 1 aliphatic carbocycles. The van der Waals surface area contributed by atoms with Crippen molar-refractivity contribution in [3.05, 3.63) is 0 Å². The molecule has 2 fully saturated rings. The van der Waals surface area contributed by atoms with E-state index in [-0.39, 0.29) is 0 Å². The molecule has 0 bridgehead atoms. The zero-order chi connectivity index (χ0) is 14.9. The number of rotatable bonds is 7. The molecular weight excluding hydrogens is 264 g/mol. The van der Waals surface area contributed by atoms with Crippen molar-refractivity contribution in [3.8, 4) is 0 Å². The molecule has 21 heavy (non-hydrogen) atoms. The first-order valence-electron chi connectivity index (χ1n) is 8.90. The van der Waals surface area contributed by atoms with Crippen molar-refractivity contribution in [2.75, 3.05) is 39.3 Å². The highest BCUT2D eigenvalue weighted by molar-refractivity contribution is 5.66. The molecular formula is C17H32N2O2. The molecule has 4 nitrogen and oxygen atoms in total. The van der Waals surface area contributed by atoms with Crippen molar-refractivity contribution in [1.82, 2.24) is 9.80 Å². The zero-order valence-corrected chi connectivity index (χ0v) is 13.4. The van der Waals surface area contributed by atoms with Crippen LogP contribution in [0.5, 0.6) is 0 Å². The SMILES string of the molecule is O=C(O)CCCCN1CCCN(CC2CCCCC2)CC1. The maximum atomic E-state index is 10.5. The van der Waals surface area contributed by atoms with Crippen LogP contribution in [0.3, 0.4) is 0 Å². The molecule has 2 rings (SSSR count). The quantitative estimate of drug-likeness (QED) is 0.734. The number of unbranched alkanes of at least 4 members (excludes halogenated alkanes) is 1. The standard InChI is InChI=1S/C17H32N2O2/c20-17(21)9-4-5-10-18-11-6-12-19(14-13-18)15-16-7-2-1-3-8-16/h16H,1-15H2,(H,20,21). The Morgan fingerprint density at radius 3 is 2.38 bits per heavy atom. The summed E-state index contributed by atoms with van der Waals surface area (Å²) in [5.41, 5.74) is 0. The summed E-state index contributed by atoms with van der Waals surface area (Å²) in [5.74, 6) is 0.283. The number of nitrogens with zero attached hydrogens (tertiary/aromatic N) is 2. The molecule has 122 valence electrons. The van der Waals surface area contributed by atoms with Gasteiger partial charge >= 0.3 is 5.97 Å². The molecule has 2 aliphatic rings. The van der Waals surface area contributed by atoms with Gasteiger partial charge in [0.05, 0.1) is 0 Å². The Labute approximate surface area is 129 Å². The van der Waals surface area contributed by atoms with E-state index in [0.717, 1.165) is 25.3 Å². The van der Waals surface area contributed by atoms with Crippen LogP contribution in [0.15, 0.2) is 0 Å². The zero-order valence-electron chi connectivity index (χ0n) is 13.4. The first-order chi connectivity index (χ1) is 10.2. The fourth-order valence-electron chi connectivity index (χ4n) is 3.78. The average molecular weight is 296 g/mol. The number of carboxylic acids is 1. The van der Waals surface area contributed by atoms with Gasteiger partial charge < -0.3 is 14.9 Å². The first-order valence-corrected chi connectivity index (χ1v) is 8.90. The summed E-state index contributed by atoms with van der Waals surface area (Å²) in [7, 11) is 0. The predicted molar refractivity (Wildman–Crippen MR) is 85.6 cm³/mol. The van der Waals surface area contributed by atoms with Crippen LogP contribution >= 0.6 is 0 Å². The Hall–Kier alpha value is -0.610. The van der Waals surface area contributed by atoms with Crippen LogP contribution in [0.4, 0.5) is 0 Å². The fraction of sp³-hybridized carbons (Fsp3) is 0.941. The molecule has 0 amide bonds. The van der Waals surface area contributed by atoms with Crippen LogP contribution in [0.1, 0.15) is 57.8 Å². The van der Waals surface area contributed by atoms with Gasteiger partial charge in [-0.2, -0.15) is 0 Å². The third kappa shape index (κ3) is 6.79. The van der Waals surface area contributed by atoms with Crippen molar-refractivity contribution < 1.29 is 9.90 Å². The molecule has 1 N–H and O–H groups in total. The van der Waals surface area contributed by atoms with Gasteiger partial charge in [-0.3, -0.25) is 4.79 Å².